The standard InChI is InChI=1S/C13H16FN3/c1-3-15-13(12-8-17(2)9-16-12)10-4-6-11(14)7-5-10/h4-9,13,15H,3H2,1-2H3. The number of nitrogens with one attached hydrogen (secondary N) is 1. The van der Waals surface area contributed by atoms with E-state index in [9.17, 15) is 4.39 Å². The molecule has 0 saturated heterocycles. The third-order valence-electron chi connectivity index (χ3n) is 2.63. The highest BCUT2D eigenvalue weighted by Crippen LogP contribution is 2.20. The van der Waals surface area contributed by atoms with Gasteiger partial charge in [0.15, 0.2) is 0 Å². The van der Waals surface area contributed by atoms with Gasteiger partial charge >= 0.3 is 0 Å². The van der Waals surface area contributed by atoms with Gasteiger partial charge < -0.3 is 9.88 Å². The second-order valence-electron chi connectivity index (χ2n) is 4.01. The number of hydrogen-bond donors (Lipinski definition) is 1. The molecule has 17 heavy (non-hydrogen) atoms. The second kappa shape index (κ2) is 5.10. The monoisotopic (exact) mass is 233 g/mol. The van der Waals surface area contributed by atoms with Crippen LogP contribution in [0.5, 0.6) is 0 Å². The molecule has 1 N–H and O–H groups in total. The van der Waals surface area contributed by atoms with Crippen molar-refractivity contribution < 1.29 is 4.39 Å². The van der Waals surface area contributed by atoms with Crippen LogP contribution in [0.25, 0.3) is 0 Å². The van der Waals surface area contributed by atoms with Gasteiger partial charge in [-0.1, -0.05) is 19.1 Å². The molecule has 3 nitrogen and oxygen atoms in total. The number of rotatable bonds is 4. The molecule has 0 aliphatic rings. The van der Waals surface area contributed by atoms with Crippen LogP contribution < -0.4 is 5.32 Å². The summed E-state index contributed by atoms with van der Waals surface area (Å²) in [5.41, 5.74) is 1.97. The highest BCUT2D eigenvalue weighted by molar-refractivity contribution is 5.27. The Morgan fingerprint density at radius 2 is 2.06 bits per heavy atom. The molecule has 2 rings (SSSR count). The topological polar surface area (TPSA) is 29.9 Å². The third-order valence-corrected chi connectivity index (χ3v) is 2.63. The molecule has 0 radical (unpaired) electrons. The summed E-state index contributed by atoms with van der Waals surface area (Å²) >= 11 is 0. The van der Waals surface area contributed by atoms with Crippen LogP contribution in [0.4, 0.5) is 4.39 Å². The van der Waals surface area contributed by atoms with E-state index in [1.54, 1.807) is 18.5 Å². The molecule has 0 aliphatic carbocycles. The van der Waals surface area contributed by atoms with Crippen LogP contribution in [0.3, 0.4) is 0 Å². The molecule has 1 aromatic heterocycles. The normalized spacial score (nSPS) is 12.6. The van der Waals surface area contributed by atoms with Gasteiger partial charge in [0.05, 0.1) is 18.1 Å². The molecule has 1 aromatic carbocycles. The summed E-state index contributed by atoms with van der Waals surface area (Å²) in [5, 5.41) is 3.35. The van der Waals surface area contributed by atoms with Crippen molar-refractivity contribution in [2.75, 3.05) is 6.54 Å². The van der Waals surface area contributed by atoms with E-state index < -0.39 is 0 Å². The average molecular weight is 233 g/mol. The number of halogens is 1. The van der Waals surface area contributed by atoms with Crippen molar-refractivity contribution in [2.45, 2.75) is 13.0 Å². The van der Waals surface area contributed by atoms with Gasteiger partial charge in [-0.15, -0.1) is 0 Å². The molecule has 2 aromatic rings. The Bertz CT molecular complexity index is 476. The summed E-state index contributed by atoms with van der Waals surface area (Å²) in [5.74, 6) is -0.218. The lowest BCUT2D eigenvalue weighted by Crippen LogP contribution is -2.22. The fourth-order valence-corrected chi connectivity index (χ4v) is 1.83. The van der Waals surface area contributed by atoms with Crippen LogP contribution in [0.15, 0.2) is 36.8 Å². The summed E-state index contributed by atoms with van der Waals surface area (Å²) in [7, 11) is 1.93. The predicted octanol–water partition coefficient (Wildman–Crippen LogP) is 2.26. The minimum atomic E-state index is -0.218. The zero-order valence-electron chi connectivity index (χ0n) is 10.0. The minimum Gasteiger partial charge on any atom is -0.340 e. The Hall–Kier alpha value is -1.68. The Labute approximate surface area is 100 Å². The lowest BCUT2D eigenvalue weighted by molar-refractivity contribution is 0.606. The number of imidazole rings is 1. The molecule has 90 valence electrons. The predicted molar refractivity (Wildman–Crippen MR) is 65.1 cm³/mol. The Morgan fingerprint density at radius 1 is 1.35 bits per heavy atom. The number of aromatic nitrogens is 2. The molecule has 1 unspecified atom stereocenters. The highest BCUT2D eigenvalue weighted by Gasteiger charge is 2.15. The van der Waals surface area contributed by atoms with Gasteiger partial charge in [-0.05, 0) is 24.2 Å². The van der Waals surface area contributed by atoms with E-state index in [-0.39, 0.29) is 11.9 Å². The van der Waals surface area contributed by atoms with Gasteiger partial charge in [-0.2, -0.15) is 0 Å². The fraction of sp³-hybridized carbons (Fsp3) is 0.308. The van der Waals surface area contributed by atoms with E-state index in [4.69, 9.17) is 0 Å². The molecule has 0 spiro atoms. The van der Waals surface area contributed by atoms with Gasteiger partial charge in [-0.25, -0.2) is 9.37 Å². The molecule has 0 aliphatic heterocycles. The smallest absolute Gasteiger partial charge is 0.123 e. The van der Waals surface area contributed by atoms with E-state index in [2.05, 4.69) is 10.3 Å². The highest BCUT2D eigenvalue weighted by atomic mass is 19.1. The van der Waals surface area contributed by atoms with Crippen LogP contribution in [0.2, 0.25) is 0 Å². The van der Waals surface area contributed by atoms with E-state index in [0.717, 1.165) is 17.8 Å². The van der Waals surface area contributed by atoms with Crippen LogP contribution in [0, 0.1) is 5.82 Å². The van der Waals surface area contributed by atoms with Gasteiger partial charge in [0.2, 0.25) is 0 Å². The molecule has 0 saturated carbocycles. The van der Waals surface area contributed by atoms with Crippen molar-refractivity contribution in [2.24, 2.45) is 7.05 Å². The summed E-state index contributed by atoms with van der Waals surface area (Å²) in [6, 6.07) is 6.54. The second-order valence-corrected chi connectivity index (χ2v) is 4.01. The van der Waals surface area contributed by atoms with Gasteiger partial charge in [0, 0.05) is 13.2 Å². The Balaban J connectivity index is 2.31. The molecule has 0 amide bonds. The maximum absolute atomic E-state index is 12.9. The lowest BCUT2D eigenvalue weighted by atomic mass is 10.0. The van der Waals surface area contributed by atoms with Gasteiger partial charge in [0.1, 0.15) is 5.82 Å². The number of hydrogen-bond acceptors (Lipinski definition) is 2. The summed E-state index contributed by atoms with van der Waals surface area (Å²) in [6.45, 7) is 2.87. The first kappa shape index (κ1) is 11.8. The van der Waals surface area contributed by atoms with Crippen molar-refractivity contribution in [1.29, 1.82) is 0 Å². The lowest BCUT2D eigenvalue weighted by Gasteiger charge is -2.16. The molecule has 0 bridgehead atoms. The molecular formula is C13H16FN3. The van der Waals surface area contributed by atoms with E-state index in [1.807, 2.05) is 24.7 Å². The van der Waals surface area contributed by atoms with Crippen LogP contribution in [0.1, 0.15) is 24.2 Å². The van der Waals surface area contributed by atoms with Crippen LogP contribution >= 0.6 is 0 Å². The van der Waals surface area contributed by atoms with Crippen LogP contribution in [-0.4, -0.2) is 16.1 Å². The molecule has 1 atom stereocenters. The Morgan fingerprint density at radius 3 is 2.59 bits per heavy atom. The van der Waals surface area contributed by atoms with Crippen LogP contribution in [-0.2, 0) is 7.05 Å². The van der Waals surface area contributed by atoms with Gasteiger partial charge in [-0.3, -0.25) is 0 Å². The first-order valence-electron chi connectivity index (χ1n) is 5.67. The first-order valence-corrected chi connectivity index (χ1v) is 5.67. The van der Waals surface area contributed by atoms with E-state index in [1.165, 1.54) is 12.1 Å². The average Bonchev–Trinajstić information content (AvgIpc) is 2.74. The number of benzene rings is 1. The maximum atomic E-state index is 12.9. The van der Waals surface area contributed by atoms with E-state index >= 15 is 0 Å². The van der Waals surface area contributed by atoms with Crippen molar-refractivity contribution in [3.63, 3.8) is 0 Å². The zero-order chi connectivity index (χ0) is 12.3. The zero-order valence-corrected chi connectivity index (χ0v) is 10.0. The van der Waals surface area contributed by atoms with Crippen molar-refractivity contribution in [3.05, 3.63) is 53.9 Å². The largest absolute Gasteiger partial charge is 0.340 e. The van der Waals surface area contributed by atoms with Crippen molar-refractivity contribution in [1.82, 2.24) is 14.9 Å². The number of aryl methyl sites for hydroxylation is 1. The SMILES string of the molecule is CCNC(c1ccc(F)cc1)c1cn(C)cn1. The third kappa shape index (κ3) is 2.71. The number of nitrogens with zero attached hydrogens (tertiary/aromatic N) is 2. The summed E-state index contributed by atoms with van der Waals surface area (Å²) in [6.07, 6.45) is 3.74. The maximum Gasteiger partial charge on any atom is 0.123 e. The van der Waals surface area contributed by atoms with Crippen molar-refractivity contribution in [3.8, 4) is 0 Å². The van der Waals surface area contributed by atoms with Gasteiger partial charge in [0.25, 0.3) is 0 Å². The minimum absolute atomic E-state index is 0.0156. The summed E-state index contributed by atoms with van der Waals surface area (Å²) in [4.78, 5) is 4.34. The van der Waals surface area contributed by atoms with E-state index in [0.29, 0.717) is 0 Å². The Kier molecular flexibility index (Phi) is 3.54. The summed E-state index contributed by atoms with van der Waals surface area (Å²) < 4.78 is 14.8. The first-order chi connectivity index (χ1) is 8.20. The molecular weight excluding hydrogens is 217 g/mol. The fourth-order valence-electron chi connectivity index (χ4n) is 1.83. The molecule has 1 heterocycles. The van der Waals surface area contributed by atoms with Crippen molar-refractivity contribution >= 4 is 0 Å². The molecule has 0 fully saturated rings. The quantitative estimate of drug-likeness (QED) is 0.877. The molecule has 4 heteroatoms.